The molecular formula is C9H14FN5O. The second-order valence-electron chi connectivity index (χ2n) is 3.79. The van der Waals surface area contributed by atoms with Crippen molar-refractivity contribution in [3.8, 4) is 0 Å². The molecule has 0 saturated carbocycles. The summed E-state index contributed by atoms with van der Waals surface area (Å²) in [5.74, 6) is 5.29. The van der Waals surface area contributed by atoms with Crippen molar-refractivity contribution >= 4 is 11.8 Å². The first-order chi connectivity index (χ1) is 7.74. The SMILES string of the molecule is NNc1ncc(F)c(N2CCC(CO)C2)n1. The molecule has 1 aromatic heterocycles. The molecule has 1 fully saturated rings. The number of aliphatic hydroxyl groups is 1. The van der Waals surface area contributed by atoms with E-state index in [1.54, 1.807) is 4.90 Å². The van der Waals surface area contributed by atoms with Crippen LogP contribution in [-0.4, -0.2) is 34.8 Å². The Morgan fingerprint density at radius 3 is 3.12 bits per heavy atom. The van der Waals surface area contributed by atoms with Gasteiger partial charge in [-0.25, -0.2) is 15.2 Å². The van der Waals surface area contributed by atoms with Crippen molar-refractivity contribution in [3.05, 3.63) is 12.0 Å². The fourth-order valence-electron chi connectivity index (χ4n) is 1.82. The van der Waals surface area contributed by atoms with Gasteiger partial charge >= 0.3 is 0 Å². The van der Waals surface area contributed by atoms with Crippen LogP contribution in [-0.2, 0) is 0 Å². The second kappa shape index (κ2) is 4.58. The number of anilines is 2. The van der Waals surface area contributed by atoms with Gasteiger partial charge in [-0.05, 0) is 6.42 Å². The van der Waals surface area contributed by atoms with E-state index in [0.29, 0.717) is 13.1 Å². The average Bonchev–Trinajstić information content (AvgIpc) is 2.78. The van der Waals surface area contributed by atoms with E-state index >= 15 is 0 Å². The molecule has 0 aliphatic carbocycles. The predicted octanol–water partition coefficient (Wildman–Crippen LogP) is -0.280. The fraction of sp³-hybridized carbons (Fsp3) is 0.556. The van der Waals surface area contributed by atoms with E-state index in [-0.39, 0.29) is 24.3 Å². The Balaban J connectivity index is 2.20. The van der Waals surface area contributed by atoms with E-state index < -0.39 is 5.82 Å². The summed E-state index contributed by atoms with van der Waals surface area (Å²) in [6.45, 7) is 1.41. The number of nitrogens with two attached hydrogens (primary N) is 1. The molecule has 0 radical (unpaired) electrons. The molecule has 0 bridgehead atoms. The third kappa shape index (κ3) is 2.05. The van der Waals surface area contributed by atoms with Gasteiger partial charge in [0.05, 0.1) is 6.20 Å². The number of rotatable bonds is 3. The van der Waals surface area contributed by atoms with Crippen LogP contribution in [0.3, 0.4) is 0 Å². The number of hydrogen-bond donors (Lipinski definition) is 3. The second-order valence-corrected chi connectivity index (χ2v) is 3.79. The van der Waals surface area contributed by atoms with E-state index in [1.807, 2.05) is 0 Å². The quantitative estimate of drug-likeness (QED) is 0.486. The molecule has 1 atom stereocenters. The maximum Gasteiger partial charge on any atom is 0.239 e. The van der Waals surface area contributed by atoms with Gasteiger partial charge in [-0.1, -0.05) is 0 Å². The highest BCUT2D eigenvalue weighted by Gasteiger charge is 2.25. The molecule has 0 spiro atoms. The molecular weight excluding hydrogens is 213 g/mol. The molecule has 0 aromatic carbocycles. The highest BCUT2D eigenvalue weighted by molar-refractivity contribution is 5.44. The van der Waals surface area contributed by atoms with Crippen LogP contribution in [0, 0.1) is 11.7 Å². The monoisotopic (exact) mass is 227 g/mol. The normalized spacial score (nSPS) is 20.2. The molecule has 6 nitrogen and oxygen atoms in total. The van der Waals surface area contributed by atoms with Crippen LogP contribution >= 0.6 is 0 Å². The van der Waals surface area contributed by atoms with Crippen LogP contribution in [0.25, 0.3) is 0 Å². The summed E-state index contributed by atoms with van der Waals surface area (Å²) in [7, 11) is 0. The lowest BCUT2D eigenvalue weighted by atomic mass is 10.1. The minimum atomic E-state index is -0.474. The van der Waals surface area contributed by atoms with Gasteiger partial charge in [0.1, 0.15) is 0 Å². The standard InChI is InChI=1S/C9H14FN5O/c10-7-3-12-9(14-11)13-8(7)15-2-1-6(4-15)5-16/h3,6,16H,1-2,4-5,11H2,(H,12,13,14). The largest absolute Gasteiger partial charge is 0.396 e. The zero-order valence-corrected chi connectivity index (χ0v) is 8.73. The van der Waals surface area contributed by atoms with Crippen molar-refractivity contribution in [2.45, 2.75) is 6.42 Å². The number of halogens is 1. The first kappa shape index (κ1) is 11.0. The molecule has 2 rings (SSSR count). The van der Waals surface area contributed by atoms with Gasteiger partial charge in [-0.2, -0.15) is 4.98 Å². The van der Waals surface area contributed by atoms with Crippen LogP contribution in [0.2, 0.25) is 0 Å². The Hall–Kier alpha value is -1.47. The molecule has 7 heteroatoms. The van der Waals surface area contributed by atoms with Gasteiger partial charge in [-0.3, -0.25) is 5.43 Å². The molecule has 1 aromatic rings. The predicted molar refractivity (Wildman–Crippen MR) is 57.2 cm³/mol. The molecule has 1 unspecified atom stereocenters. The summed E-state index contributed by atoms with van der Waals surface area (Å²) in [6, 6.07) is 0. The molecule has 1 aliphatic heterocycles. The van der Waals surface area contributed by atoms with Crippen molar-refractivity contribution in [2.24, 2.45) is 11.8 Å². The number of aromatic nitrogens is 2. The van der Waals surface area contributed by atoms with Crippen LogP contribution in [0.4, 0.5) is 16.2 Å². The maximum atomic E-state index is 13.5. The smallest absolute Gasteiger partial charge is 0.239 e. The van der Waals surface area contributed by atoms with E-state index in [4.69, 9.17) is 10.9 Å². The number of nitrogens with one attached hydrogen (secondary N) is 1. The summed E-state index contributed by atoms with van der Waals surface area (Å²) in [5, 5.41) is 9.02. The first-order valence-corrected chi connectivity index (χ1v) is 5.09. The van der Waals surface area contributed by atoms with Gasteiger partial charge in [0.2, 0.25) is 5.95 Å². The lowest BCUT2D eigenvalue weighted by Gasteiger charge is -2.17. The minimum absolute atomic E-state index is 0.116. The van der Waals surface area contributed by atoms with Crippen LogP contribution in [0.15, 0.2) is 6.20 Å². The Labute approximate surface area is 92.3 Å². The molecule has 1 saturated heterocycles. The topological polar surface area (TPSA) is 87.3 Å². The number of hydrogen-bond acceptors (Lipinski definition) is 6. The highest BCUT2D eigenvalue weighted by Crippen LogP contribution is 2.24. The first-order valence-electron chi connectivity index (χ1n) is 5.09. The molecule has 0 amide bonds. The van der Waals surface area contributed by atoms with Gasteiger partial charge < -0.3 is 10.0 Å². The number of nitrogen functional groups attached to an aromatic ring is 1. The van der Waals surface area contributed by atoms with Crippen LogP contribution in [0.5, 0.6) is 0 Å². The third-order valence-corrected chi connectivity index (χ3v) is 2.70. The summed E-state index contributed by atoms with van der Waals surface area (Å²) in [4.78, 5) is 9.42. The number of aliphatic hydroxyl groups excluding tert-OH is 1. The summed E-state index contributed by atoms with van der Waals surface area (Å²) >= 11 is 0. The van der Waals surface area contributed by atoms with Crippen LogP contribution < -0.4 is 16.2 Å². The van der Waals surface area contributed by atoms with Crippen molar-refractivity contribution < 1.29 is 9.50 Å². The van der Waals surface area contributed by atoms with E-state index in [1.165, 1.54) is 0 Å². The van der Waals surface area contributed by atoms with Crippen molar-refractivity contribution in [2.75, 3.05) is 30.0 Å². The lowest BCUT2D eigenvalue weighted by Crippen LogP contribution is -2.24. The lowest BCUT2D eigenvalue weighted by molar-refractivity contribution is 0.238. The molecule has 2 heterocycles. The Bertz CT molecular complexity index is 375. The van der Waals surface area contributed by atoms with E-state index in [0.717, 1.165) is 12.6 Å². The summed E-state index contributed by atoms with van der Waals surface area (Å²) < 4.78 is 13.5. The van der Waals surface area contributed by atoms with Gasteiger partial charge in [0.25, 0.3) is 0 Å². The molecule has 1 aliphatic rings. The van der Waals surface area contributed by atoms with Gasteiger partial charge in [-0.15, -0.1) is 0 Å². The molecule has 4 N–H and O–H groups in total. The summed E-state index contributed by atoms with van der Waals surface area (Å²) in [6.07, 6.45) is 1.93. The number of nitrogens with zero attached hydrogens (tertiary/aromatic N) is 3. The van der Waals surface area contributed by atoms with Crippen LogP contribution in [0.1, 0.15) is 6.42 Å². The van der Waals surface area contributed by atoms with E-state index in [2.05, 4.69) is 15.4 Å². The van der Waals surface area contributed by atoms with Crippen molar-refractivity contribution in [1.29, 1.82) is 0 Å². The Kier molecular flexibility index (Phi) is 3.16. The van der Waals surface area contributed by atoms with Crippen molar-refractivity contribution in [3.63, 3.8) is 0 Å². The maximum absolute atomic E-state index is 13.5. The average molecular weight is 227 g/mol. The third-order valence-electron chi connectivity index (χ3n) is 2.70. The van der Waals surface area contributed by atoms with Crippen molar-refractivity contribution in [1.82, 2.24) is 9.97 Å². The zero-order valence-electron chi connectivity index (χ0n) is 8.73. The Morgan fingerprint density at radius 2 is 2.50 bits per heavy atom. The van der Waals surface area contributed by atoms with Gasteiger partial charge in [0.15, 0.2) is 11.6 Å². The minimum Gasteiger partial charge on any atom is -0.396 e. The molecule has 16 heavy (non-hydrogen) atoms. The summed E-state index contributed by atoms with van der Waals surface area (Å²) in [5.41, 5.74) is 2.28. The highest BCUT2D eigenvalue weighted by atomic mass is 19.1. The fourth-order valence-corrected chi connectivity index (χ4v) is 1.82. The molecule has 88 valence electrons. The van der Waals surface area contributed by atoms with E-state index in [9.17, 15) is 4.39 Å². The Morgan fingerprint density at radius 1 is 1.69 bits per heavy atom. The number of hydrazine groups is 1. The zero-order chi connectivity index (χ0) is 11.5. The van der Waals surface area contributed by atoms with Gasteiger partial charge in [0, 0.05) is 25.6 Å².